The maximum atomic E-state index is 13.6. The monoisotopic (exact) mass is 471 g/mol. The van der Waals surface area contributed by atoms with Gasteiger partial charge in [-0.3, -0.25) is 9.69 Å². The molecule has 1 amide bonds. The summed E-state index contributed by atoms with van der Waals surface area (Å²) in [6.07, 6.45) is 0.813. The number of rotatable bonds is 4. The van der Waals surface area contributed by atoms with Crippen molar-refractivity contribution in [2.24, 2.45) is 5.92 Å². The molecule has 1 saturated carbocycles. The summed E-state index contributed by atoms with van der Waals surface area (Å²) in [5.41, 5.74) is 1.84. The quantitative estimate of drug-likeness (QED) is 0.667. The molecule has 34 heavy (non-hydrogen) atoms. The van der Waals surface area contributed by atoms with Crippen molar-refractivity contribution in [3.05, 3.63) is 65.2 Å². The summed E-state index contributed by atoms with van der Waals surface area (Å²) in [6.45, 7) is 4.35. The summed E-state index contributed by atoms with van der Waals surface area (Å²) in [7, 11) is 0. The van der Waals surface area contributed by atoms with Crippen LogP contribution in [0.25, 0.3) is 0 Å². The summed E-state index contributed by atoms with van der Waals surface area (Å²) < 4.78 is 40.3. The molecule has 5 rings (SSSR count). The third-order valence-corrected chi connectivity index (χ3v) is 7.91. The lowest BCUT2D eigenvalue weighted by Crippen LogP contribution is -2.62. The fraction of sp³-hybridized carbons (Fsp3) is 0.519. The number of hydrogen-bond donors (Lipinski definition) is 1. The lowest BCUT2D eigenvalue weighted by atomic mass is 9.82. The van der Waals surface area contributed by atoms with Crippen LogP contribution in [0.2, 0.25) is 0 Å². The van der Waals surface area contributed by atoms with Crippen LogP contribution in [-0.4, -0.2) is 42.5 Å². The van der Waals surface area contributed by atoms with Crippen LogP contribution in [0, 0.1) is 5.92 Å². The highest BCUT2D eigenvalue weighted by Crippen LogP contribution is 2.40. The maximum absolute atomic E-state index is 13.6. The minimum atomic E-state index is -4.40. The molecule has 182 valence electrons. The van der Waals surface area contributed by atoms with Crippen molar-refractivity contribution >= 4 is 11.6 Å². The van der Waals surface area contributed by atoms with Crippen molar-refractivity contribution in [3.63, 3.8) is 0 Å². The summed E-state index contributed by atoms with van der Waals surface area (Å²) >= 11 is 0. The first-order valence-corrected chi connectivity index (χ1v) is 12.4. The summed E-state index contributed by atoms with van der Waals surface area (Å²) in [4.78, 5) is 18.3. The van der Waals surface area contributed by atoms with Crippen molar-refractivity contribution in [1.29, 1.82) is 0 Å². The van der Waals surface area contributed by atoms with Gasteiger partial charge in [-0.05, 0) is 55.5 Å². The normalized spacial score (nSPS) is 24.4. The van der Waals surface area contributed by atoms with Crippen molar-refractivity contribution in [3.8, 4) is 0 Å². The van der Waals surface area contributed by atoms with Crippen molar-refractivity contribution in [2.45, 2.75) is 63.3 Å². The molecule has 2 aromatic carbocycles. The first kappa shape index (κ1) is 23.2. The molecule has 0 spiro atoms. The zero-order chi connectivity index (χ0) is 23.9. The number of amides is 1. The van der Waals surface area contributed by atoms with Crippen LogP contribution in [0.1, 0.15) is 55.3 Å². The molecular formula is C27H32F3N3O. The highest BCUT2D eigenvalue weighted by Gasteiger charge is 2.44. The van der Waals surface area contributed by atoms with Gasteiger partial charge in [0.05, 0.1) is 23.6 Å². The average molecular weight is 472 g/mol. The lowest BCUT2D eigenvalue weighted by Gasteiger charge is -2.50. The molecule has 1 saturated heterocycles. The van der Waals surface area contributed by atoms with Crippen LogP contribution in [-0.2, 0) is 17.4 Å². The minimum Gasteiger partial charge on any atom is -0.365 e. The smallest absolute Gasteiger partial charge is 0.365 e. The van der Waals surface area contributed by atoms with E-state index in [1.165, 1.54) is 37.8 Å². The average Bonchev–Trinajstić information content (AvgIpc) is 3.38. The van der Waals surface area contributed by atoms with Gasteiger partial charge in [0.15, 0.2) is 0 Å². The van der Waals surface area contributed by atoms with E-state index < -0.39 is 17.7 Å². The van der Waals surface area contributed by atoms with E-state index in [1.54, 1.807) is 6.07 Å². The van der Waals surface area contributed by atoms with Crippen molar-refractivity contribution in [2.75, 3.05) is 24.5 Å². The van der Waals surface area contributed by atoms with Gasteiger partial charge >= 0.3 is 6.18 Å². The number of carbonyl (C=O) groups excluding carboxylic acids is 1. The van der Waals surface area contributed by atoms with Crippen LogP contribution in [0.3, 0.4) is 0 Å². The second-order valence-corrected chi connectivity index (χ2v) is 9.99. The molecule has 0 unspecified atom stereocenters. The fourth-order valence-electron chi connectivity index (χ4n) is 6.07. The minimum absolute atomic E-state index is 0.0402. The number of nitrogens with one attached hydrogen (secondary N) is 1. The molecule has 2 fully saturated rings. The SMILES string of the molecule is C[C@H](NC(=O)[C@@H]1Cc2cc(C(F)(F)F)ccc2N2CCN(C3CCCC3)C[C@@H]12)c1ccccc1. The molecule has 2 heterocycles. The van der Waals surface area contributed by atoms with E-state index in [-0.39, 0.29) is 18.0 Å². The highest BCUT2D eigenvalue weighted by molar-refractivity contribution is 5.82. The highest BCUT2D eigenvalue weighted by atomic mass is 19.4. The Labute approximate surface area is 199 Å². The molecular weight excluding hydrogens is 439 g/mol. The molecule has 4 nitrogen and oxygen atoms in total. The Kier molecular flexibility index (Phi) is 6.32. The van der Waals surface area contributed by atoms with E-state index in [0.29, 0.717) is 18.0 Å². The number of benzene rings is 2. The maximum Gasteiger partial charge on any atom is 0.416 e. The van der Waals surface area contributed by atoms with E-state index in [2.05, 4.69) is 15.1 Å². The van der Waals surface area contributed by atoms with Gasteiger partial charge in [-0.2, -0.15) is 13.2 Å². The Morgan fingerprint density at radius 3 is 2.50 bits per heavy atom. The number of carbonyl (C=O) groups is 1. The Morgan fingerprint density at radius 2 is 1.79 bits per heavy atom. The topological polar surface area (TPSA) is 35.6 Å². The summed E-state index contributed by atoms with van der Waals surface area (Å²) in [6, 6.07) is 14.2. The van der Waals surface area contributed by atoms with Crippen LogP contribution < -0.4 is 10.2 Å². The van der Waals surface area contributed by atoms with Gasteiger partial charge in [-0.1, -0.05) is 43.2 Å². The number of nitrogens with zero attached hydrogens (tertiary/aromatic N) is 2. The third kappa shape index (κ3) is 4.54. The van der Waals surface area contributed by atoms with Crippen LogP contribution in [0.5, 0.6) is 0 Å². The number of anilines is 1. The van der Waals surface area contributed by atoms with Gasteiger partial charge in [0.25, 0.3) is 0 Å². The first-order chi connectivity index (χ1) is 16.3. The van der Waals surface area contributed by atoms with Crippen molar-refractivity contribution < 1.29 is 18.0 Å². The van der Waals surface area contributed by atoms with E-state index in [0.717, 1.165) is 30.9 Å². The van der Waals surface area contributed by atoms with Gasteiger partial charge in [-0.15, -0.1) is 0 Å². The fourth-order valence-corrected chi connectivity index (χ4v) is 6.07. The Hall–Kier alpha value is -2.54. The summed E-state index contributed by atoms with van der Waals surface area (Å²) in [5, 5.41) is 3.15. The largest absolute Gasteiger partial charge is 0.416 e. The number of hydrogen-bond acceptors (Lipinski definition) is 3. The molecule has 0 aromatic heterocycles. The number of fused-ring (bicyclic) bond motifs is 3. The number of piperazine rings is 1. The summed E-state index contributed by atoms with van der Waals surface area (Å²) in [5.74, 6) is -0.478. The van der Waals surface area contributed by atoms with Crippen LogP contribution in [0.4, 0.5) is 18.9 Å². The van der Waals surface area contributed by atoms with E-state index in [4.69, 9.17) is 0 Å². The van der Waals surface area contributed by atoms with Crippen molar-refractivity contribution in [1.82, 2.24) is 10.2 Å². The number of halogens is 3. The van der Waals surface area contributed by atoms with Gasteiger partial charge in [0.1, 0.15) is 0 Å². The molecule has 1 aliphatic carbocycles. The Bertz CT molecular complexity index is 1020. The number of alkyl halides is 3. The Morgan fingerprint density at radius 1 is 1.06 bits per heavy atom. The van der Waals surface area contributed by atoms with Gasteiger partial charge in [-0.25, -0.2) is 0 Å². The molecule has 7 heteroatoms. The predicted molar refractivity (Wildman–Crippen MR) is 127 cm³/mol. The standard InChI is InChI=1S/C27H32F3N3O/c1-18(19-7-3-2-4-8-19)31-26(34)23-16-20-15-21(27(28,29)30)11-12-24(20)33-14-13-32(17-25(23)33)22-9-5-6-10-22/h2-4,7-8,11-12,15,18,22-23,25H,5-6,9-10,13-14,16-17H2,1H3,(H,31,34)/t18-,23+,25-/m0/s1. The molecule has 2 aliphatic heterocycles. The van der Waals surface area contributed by atoms with Gasteiger partial charge in [0.2, 0.25) is 5.91 Å². The molecule has 1 N–H and O–H groups in total. The predicted octanol–water partition coefficient (Wildman–Crippen LogP) is 5.19. The third-order valence-electron chi connectivity index (χ3n) is 7.91. The second kappa shape index (κ2) is 9.25. The van der Waals surface area contributed by atoms with Crippen LogP contribution in [0.15, 0.2) is 48.5 Å². The first-order valence-electron chi connectivity index (χ1n) is 12.4. The second-order valence-electron chi connectivity index (χ2n) is 9.99. The van der Waals surface area contributed by atoms with Gasteiger partial charge < -0.3 is 10.2 Å². The van der Waals surface area contributed by atoms with Crippen LogP contribution >= 0.6 is 0 Å². The van der Waals surface area contributed by atoms with E-state index >= 15 is 0 Å². The molecule has 0 bridgehead atoms. The molecule has 3 atom stereocenters. The Balaban J connectivity index is 1.43. The van der Waals surface area contributed by atoms with Gasteiger partial charge in [0, 0.05) is 31.4 Å². The molecule has 0 radical (unpaired) electrons. The van der Waals surface area contributed by atoms with E-state index in [9.17, 15) is 18.0 Å². The lowest BCUT2D eigenvalue weighted by molar-refractivity contribution is -0.137. The molecule has 3 aliphatic rings. The zero-order valence-corrected chi connectivity index (χ0v) is 19.5. The zero-order valence-electron chi connectivity index (χ0n) is 19.5. The van der Waals surface area contributed by atoms with E-state index in [1.807, 2.05) is 37.3 Å². The molecule has 2 aromatic rings.